The van der Waals surface area contributed by atoms with E-state index in [-0.39, 0.29) is 5.81 Å². The van der Waals surface area contributed by atoms with Crippen LogP contribution in [0.25, 0.3) is 0 Å². The number of hydrogen-bond donors (Lipinski definition) is 1. The maximum absolute atomic E-state index is 10.8. The highest BCUT2D eigenvalue weighted by atomic mass is 16.1. The first-order valence-corrected chi connectivity index (χ1v) is 3.48. The quantitative estimate of drug-likeness (QED) is 0.634. The summed E-state index contributed by atoms with van der Waals surface area (Å²) in [5.41, 5.74) is 0.829. The summed E-state index contributed by atoms with van der Waals surface area (Å²) < 4.78 is 0. The molecule has 0 aliphatic carbocycles. The molecule has 1 rings (SSSR count). The monoisotopic (exact) mass is 146 g/mol. The molecule has 2 nitrogen and oxygen atoms in total. The summed E-state index contributed by atoms with van der Waals surface area (Å²) in [6.45, 7) is 1.71. The molecule has 0 saturated heterocycles. The van der Waals surface area contributed by atoms with E-state index in [1.54, 1.807) is 6.82 Å². The lowest BCUT2D eigenvalue weighted by molar-refractivity contribution is 0.268. The van der Waals surface area contributed by atoms with Gasteiger partial charge in [0.1, 0.15) is 0 Å². The summed E-state index contributed by atoms with van der Waals surface area (Å²) in [5, 5.41) is 2.70. The Hall–Kier alpha value is -1.25. The van der Waals surface area contributed by atoms with Gasteiger partial charge in [0, 0.05) is 5.69 Å². The van der Waals surface area contributed by atoms with Gasteiger partial charge in [-0.1, -0.05) is 25.0 Å². The second-order valence-electron chi connectivity index (χ2n) is 2.14. The van der Waals surface area contributed by atoms with Crippen molar-refractivity contribution in [2.45, 2.75) is 6.82 Å². The van der Waals surface area contributed by atoms with Crippen molar-refractivity contribution >= 4 is 18.8 Å². The number of benzene rings is 1. The van der Waals surface area contributed by atoms with Crippen molar-refractivity contribution in [1.29, 1.82) is 0 Å². The fourth-order valence-electron chi connectivity index (χ4n) is 0.736. The maximum Gasteiger partial charge on any atom is 0.229 e. The van der Waals surface area contributed by atoms with Crippen LogP contribution in [0.2, 0.25) is 6.82 Å². The van der Waals surface area contributed by atoms with Crippen molar-refractivity contribution in [2.75, 3.05) is 5.32 Å². The molecule has 1 aromatic rings. The average molecular weight is 146 g/mol. The minimum Gasteiger partial charge on any atom is -0.335 e. The molecule has 0 atom stereocenters. The number of amides is 1. The first-order chi connectivity index (χ1) is 5.33. The summed E-state index contributed by atoms with van der Waals surface area (Å²) in [5.74, 6) is -0.0730. The topological polar surface area (TPSA) is 29.1 Å². The van der Waals surface area contributed by atoms with Crippen molar-refractivity contribution in [3.63, 3.8) is 0 Å². The second kappa shape index (κ2) is 3.81. The lowest BCUT2D eigenvalue weighted by Gasteiger charge is -2.00. The molecular weight excluding hydrogens is 137 g/mol. The van der Waals surface area contributed by atoms with Gasteiger partial charge < -0.3 is 5.32 Å². The van der Waals surface area contributed by atoms with Crippen LogP contribution in [0.4, 0.5) is 10.5 Å². The fraction of sp³-hybridized carbons (Fsp3) is 0.125. The molecule has 0 unspecified atom stereocenters. The molecule has 0 aromatic heterocycles. The molecule has 1 N–H and O–H groups in total. The number of nitrogens with one attached hydrogen (secondary N) is 1. The minimum absolute atomic E-state index is 0.0730. The summed E-state index contributed by atoms with van der Waals surface area (Å²) in [6, 6.07) is 9.37. The lowest BCUT2D eigenvalue weighted by atomic mass is 9.81. The molecule has 3 heteroatoms. The fourth-order valence-corrected chi connectivity index (χ4v) is 0.736. The van der Waals surface area contributed by atoms with E-state index in [2.05, 4.69) is 5.32 Å². The number of hydrogen-bond acceptors (Lipinski definition) is 1. The summed E-state index contributed by atoms with van der Waals surface area (Å²) in [7, 11) is 1.49. The Morgan fingerprint density at radius 1 is 1.36 bits per heavy atom. The highest BCUT2D eigenvalue weighted by Gasteiger charge is 1.96. The Morgan fingerprint density at radius 3 is 2.55 bits per heavy atom. The SMILES string of the molecule is C[B]C(=O)Nc1ccccc1. The Morgan fingerprint density at radius 2 is 2.00 bits per heavy atom. The third-order valence-corrected chi connectivity index (χ3v) is 1.30. The number of carbonyl (C=O) groups is 1. The largest absolute Gasteiger partial charge is 0.335 e. The third kappa shape index (κ3) is 2.46. The van der Waals surface area contributed by atoms with E-state index in [1.807, 2.05) is 30.3 Å². The molecule has 0 heterocycles. The van der Waals surface area contributed by atoms with Crippen LogP contribution in [0.1, 0.15) is 0 Å². The molecule has 1 radical (unpaired) electrons. The van der Waals surface area contributed by atoms with Gasteiger partial charge in [-0.15, -0.1) is 0 Å². The molecule has 0 saturated carbocycles. The van der Waals surface area contributed by atoms with Crippen LogP contribution >= 0.6 is 0 Å². The van der Waals surface area contributed by atoms with E-state index >= 15 is 0 Å². The Labute approximate surface area is 66.9 Å². The maximum atomic E-state index is 10.8. The minimum atomic E-state index is -0.0730. The number of rotatable bonds is 2. The van der Waals surface area contributed by atoms with Crippen LogP contribution in [0.5, 0.6) is 0 Å². The predicted molar refractivity (Wildman–Crippen MR) is 47.1 cm³/mol. The highest BCUT2D eigenvalue weighted by Crippen LogP contribution is 2.03. The summed E-state index contributed by atoms with van der Waals surface area (Å²) in [6.07, 6.45) is 0. The zero-order chi connectivity index (χ0) is 8.10. The van der Waals surface area contributed by atoms with Crippen LogP contribution in [0, 0.1) is 0 Å². The van der Waals surface area contributed by atoms with E-state index in [1.165, 1.54) is 7.28 Å². The number of carbonyl (C=O) groups excluding carboxylic acids is 1. The van der Waals surface area contributed by atoms with Crippen LogP contribution in [0.3, 0.4) is 0 Å². The van der Waals surface area contributed by atoms with Gasteiger partial charge in [-0.2, -0.15) is 0 Å². The Kier molecular flexibility index (Phi) is 2.72. The van der Waals surface area contributed by atoms with Gasteiger partial charge in [-0.05, 0) is 12.1 Å². The van der Waals surface area contributed by atoms with Crippen molar-refractivity contribution in [1.82, 2.24) is 0 Å². The van der Waals surface area contributed by atoms with E-state index in [4.69, 9.17) is 0 Å². The normalized spacial score (nSPS) is 8.82. The first-order valence-electron chi connectivity index (χ1n) is 3.48. The first kappa shape index (κ1) is 7.86. The molecule has 0 fully saturated rings. The molecular formula is C8H9BNO. The van der Waals surface area contributed by atoms with Crippen molar-refractivity contribution in [3.8, 4) is 0 Å². The summed E-state index contributed by atoms with van der Waals surface area (Å²) >= 11 is 0. The second-order valence-corrected chi connectivity index (χ2v) is 2.14. The van der Waals surface area contributed by atoms with Crippen LogP contribution in [-0.2, 0) is 0 Å². The van der Waals surface area contributed by atoms with E-state index in [0.717, 1.165) is 5.69 Å². The number of anilines is 1. The van der Waals surface area contributed by atoms with E-state index < -0.39 is 0 Å². The van der Waals surface area contributed by atoms with Gasteiger partial charge >= 0.3 is 0 Å². The van der Waals surface area contributed by atoms with Crippen LogP contribution in [-0.4, -0.2) is 13.1 Å². The van der Waals surface area contributed by atoms with Crippen molar-refractivity contribution in [3.05, 3.63) is 30.3 Å². The zero-order valence-corrected chi connectivity index (χ0v) is 6.37. The van der Waals surface area contributed by atoms with Crippen LogP contribution < -0.4 is 5.32 Å². The molecule has 0 spiro atoms. The Balaban J connectivity index is 2.58. The van der Waals surface area contributed by atoms with Gasteiger partial charge in [0.25, 0.3) is 0 Å². The van der Waals surface area contributed by atoms with E-state index in [0.29, 0.717) is 0 Å². The van der Waals surface area contributed by atoms with Gasteiger partial charge in [0.05, 0.1) is 0 Å². The van der Waals surface area contributed by atoms with Gasteiger partial charge in [-0.25, -0.2) is 0 Å². The molecule has 1 aromatic carbocycles. The molecule has 1 amide bonds. The van der Waals surface area contributed by atoms with Crippen molar-refractivity contribution in [2.24, 2.45) is 0 Å². The highest BCUT2D eigenvalue weighted by molar-refractivity contribution is 6.74. The summed E-state index contributed by atoms with van der Waals surface area (Å²) in [4.78, 5) is 10.8. The standard InChI is InChI=1S/C8H9BNO/c1-9-8(11)10-7-5-3-2-4-6-7/h2-6H,1H3,(H,10,11). The van der Waals surface area contributed by atoms with Crippen LogP contribution in [0.15, 0.2) is 30.3 Å². The smallest absolute Gasteiger partial charge is 0.229 e. The average Bonchev–Trinajstić information content (AvgIpc) is 2.06. The molecule has 0 aliphatic heterocycles. The molecule has 0 bridgehead atoms. The van der Waals surface area contributed by atoms with Gasteiger partial charge in [0.15, 0.2) is 5.81 Å². The van der Waals surface area contributed by atoms with Crippen molar-refractivity contribution < 1.29 is 4.79 Å². The zero-order valence-electron chi connectivity index (χ0n) is 6.37. The predicted octanol–water partition coefficient (Wildman–Crippen LogP) is 1.97. The molecule has 11 heavy (non-hydrogen) atoms. The Bertz CT molecular complexity index is 235. The lowest BCUT2D eigenvalue weighted by Crippen LogP contribution is -2.14. The molecule has 0 aliphatic rings. The third-order valence-electron chi connectivity index (χ3n) is 1.30. The number of para-hydroxylation sites is 1. The van der Waals surface area contributed by atoms with Gasteiger partial charge in [0.2, 0.25) is 7.28 Å². The van der Waals surface area contributed by atoms with E-state index in [9.17, 15) is 4.79 Å². The van der Waals surface area contributed by atoms with Gasteiger partial charge in [-0.3, -0.25) is 4.79 Å². The molecule has 55 valence electrons.